The molecule has 1 heterocycles. The number of hydrogen-bond acceptors (Lipinski definition) is 3. The summed E-state index contributed by atoms with van der Waals surface area (Å²) >= 11 is 0. The summed E-state index contributed by atoms with van der Waals surface area (Å²) < 4.78 is 5.79. The fourth-order valence-electron chi connectivity index (χ4n) is 2.42. The van der Waals surface area contributed by atoms with Crippen LogP contribution in [-0.4, -0.2) is 4.92 Å². The molecule has 2 aromatic carbocycles. The lowest BCUT2D eigenvalue weighted by atomic mass is 9.86. The minimum Gasteiger partial charge on any atom is -0.456 e. The first-order chi connectivity index (χ1) is 10.3. The molecule has 0 N–H and O–H groups in total. The van der Waals surface area contributed by atoms with E-state index in [-0.39, 0.29) is 11.1 Å². The highest BCUT2D eigenvalue weighted by atomic mass is 16.6. The van der Waals surface area contributed by atoms with Gasteiger partial charge in [0, 0.05) is 23.1 Å². The van der Waals surface area contributed by atoms with E-state index in [4.69, 9.17) is 4.42 Å². The van der Waals surface area contributed by atoms with Crippen LogP contribution in [-0.2, 0) is 5.41 Å². The maximum atomic E-state index is 10.8. The van der Waals surface area contributed by atoms with E-state index in [0.717, 1.165) is 16.7 Å². The van der Waals surface area contributed by atoms with Gasteiger partial charge < -0.3 is 4.42 Å². The Morgan fingerprint density at radius 3 is 2.27 bits per heavy atom. The monoisotopic (exact) mass is 295 g/mol. The number of rotatable bonds is 2. The van der Waals surface area contributed by atoms with E-state index in [2.05, 4.69) is 32.9 Å². The van der Waals surface area contributed by atoms with Crippen molar-refractivity contribution in [2.45, 2.75) is 26.2 Å². The van der Waals surface area contributed by atoms with Crippen LogP contribution in [0.4, 0.5) is 5.69 Å². The zero-order valence-electron chi connectivity index (χ0n) is 12.8. The highest BCUT2D eigenvalue weighted by Gasteiger charge is 2.15. The molecule has 0 saturated carbocycles. The predicted octanol–water partition coefficient (Wildman–Crippen LogP) is 5.31. The lowest BCUT2D eigenvalue weighted by Crippen LogP contribution is -2.10. The molecular weight excluding hydrogens is 278 g/mol. The van der Waals surface area contributed by atoms with Gasteiger partial charge in [-0.05, 0) is 23.1 Å². The predicted molar refractivity (Wildman–Crippen MR) is 87.0 cm³/mol. The number of non-ortho nitro benzene ring substituents is 1. The number of nitro benzene ring substituents is 1. The third-order valence-electron chi connectivity index (χ3n) is 3.75. The van der Waals surface area contributed by atoms with Crippen LogP contribution in [0.1, 0.15) is 26.3 Å². The molecule has 0 amide bonds. The summed E-state index contributed by atoms with van der Waals surface area (Å²) in [5, 5.41) is 11.6. The lowest BCUT2D eigenvalue weighted by molar-refractivity contribution is -0.384. The lowest BCUT2D eigenvalue weighted by Gasteiger charge is -2.18. The van der Waals surface area contributed by atoms with E-state index in [9.17, 15) is 10.1 Å². The molecule has 0 aliphatic heterocycles. The quantitative estimate of drug-likeness (QED) is 0.476. The number of nitro groups is 1. The van der Waals surface area contributed by atoms with E-state index >= 15 is 0 Å². The van der Waals surface area contributed by atoms with Crippen molar-refractivity contribution in [2.24, 2.45) is 0 Å². The zero-order valence-corrected chi connectivity index (χ0v) is 12.8. The summed E-state index contributed by atoms with van der Waals surface area (Å²) in [5.41, 5.74) is 3.05. The van der Waals surface area contributed by atoms with E-state index in [1.807, 2.05) is 18.2 Å². The van der Waals surface area contributed by atoms with Crippen LogP contribution in [0.25, 0.3) is 22.3 Å². The van der Waals surface area contributed by atoms with Gasteiger partial charge in [0.15, 0.2) is 0 Å². The number of nitrogens with zero attached hydrogens (tertiary/aromatic N) is 1. The summed E-state index contributed by atoms with van der Waals surface area (Å²) in [6.45, 7) is 6.51. The van der Waals surface area contributed by atoms with Gasteiger partial charge in [0.25, 0.3) is 5.69 Å². The van der Waals surface area contributed by atoms with E-state index in [0.29, 0.717) is 5.58 Å². The van der Waals surface area contributed by atoms with Crippen LogP contribution < -0.4 is 0 Å². The van der Waals surface area contributed by atoms with E-state index < -0.39 is 4.92 Å². The summed E-state index contributed by atoms with van der Waals surface area (Å²) in [6.07, 6.45) is 0. The maximum absolute atomic E-state index is 10.8. The molecular formula is C18H17NO3. The molecule has 4 heteroatoms. The molecule has 0 fully saturated rings. The van der Waals surface area contributed by atoms with Gasteiger partial charge in [0.2, 0.25) is 0 Å². The summed E-state index contributed by atoms with van der Waals surface area (Å²) in [7, 11) is 0. The molecule has 1 aromatic heterocycles. The van der Waals surface area contributed by atoms with Crippen LogP contribution in [0.2, 0.25) is 0 Å². The first-order valence-corrected chi connectivity index (χ1v) is 7.13. The van der Waals surface area contributed by atoms with Crippen LogP contribution in [0.5, 0.6) is 0 Å². The van der Waals surface area contributed by atoms with E-state index in [1.165, 1.54) is 17.7 Å². The second kappa shape index (κ2) is 4.98. The Hall–Kier alpha value is -2.62. The van der Waals surface area contributed by atoms with Gasteiger partial charge in [0.1, 0.15) is 11.3 Å². The highest BCUT2D eigenvalue weighted by molar-refractivity contribution is 5.84. The minimum absolute atomic E-state index is 0.0722. The fourth-order valence-corrected chi connectivity index (χ4v) is 2.42. The molecule has 0 aliphatic rings. The van der Waals surface area contributed by atoms with E-state index in [1.54, 1.807) is 6.07 Å². The topological polar surface area (TPSA) is 56.3 Å². The van der Waals surface area contributed by atoms with Crippen molar-refractivity contribution in [3.05, 3.63) is 64.2 Å². The Morgan fingerprint density at radius 1 is 1.00 bits per heavy atom. The molecule has 0 bridgehead atoms. The smallest absolute Gasteiger partial charge is 0.270 e. The van der Waals surface area contributed by atoms with Crippen molar-refractivity contribution in [3.63, 3.8) is 0 Å². The Labute approximate surface area is 128 Å². The zero-order chi connectivity index (χ0) is 15.9. The highest BCUT2D eigenvalue weighted by Crippen LogP contribution is 2.31. The third kappa shape index (κ3) is 2.60. The molecule has 0 radical (unpaired) electrons. The van der Waals surface area contributed by atoms with Gasteiger partial charge in [-0.3, -0.25) is 10.1 Å². The van der Waals surface area contributed by atoms with Gasteiger partial charge >= 0.3 is 0 Å². The number of benzene rings is 2. The molecule has 3 aromatic rings. The molecule has 0 aliphatic carbocycles. The van der Waals surface area contributed by atoms with Crippen molar-refractivity contribution >= 4 is 16.7 Å². The van der Waals surface area contributed by atoms with Crippen LogP contribution >= 0.6 is 0 Å². The number of furan rings is 1. The molecule has 4 nitrogen and oxygen atoms in total. The van der Waals surface area contributed by atoms with Crippen molar-refractivity contribution in [1.82, 2.24) is 0 Å². The third-order valence-corrected chi connectivity index (χ3v) is 3.75. The number of hydrogen-bond donors (Lipinski definition) is 0. The summed E-state index contributed by atoms with van der Waals surface area (Å²) in [4.78, 5) is 10.4. The fraction of sp³-hybridized carbons (Fsp3) is 0.222. The Balaban J connectivity index is 2.01. The van der Waals surface area contributed by atoms with Gasteiger partial charge in [-0.1, -0.05) is 45.0 Å². The largest absolute Gasteiger partial charge is 0.456 e. The Morgan fingerprint density at radius 2 is 1.68 bits per heavy atom. The second-order valence-corrected chi connectivity index (χ2v) is 6.42. The minimum atomic E-state index is -0.399. The normalized spacial score (nSPS) is 11.8. The first kappa shape index (κ1) is 14.3. The molecule has 22 heavy (non-hydrogen) atoms. The van der Waals surface area contributed by atoms with Gasteiger partial charge in [0.05, 0.1) is 4.92 Å². The first-order valence-electron chi connectivity index (χ1n) is 7.13. The van der Waals surface area contributed by atoms with Crippen molar-refractivity contribution < 1.29 is 9.34 Å². The molecule has 3 rings (SSSR count). The van der Waals surface area contributed by atoms with Crippen molar-refractivity contribution in [3.8, 4) is 11.3 Å². The Bertz CT molecular complexity index is 839. The molecule has 0 spiro atoms. The van der Waals surface area contributed by atoms with Crippen LogP contribution in [0, 0.1) is 10.1 Å². The maximum Gasteiger partial charge on any atom is 0.270 e. The summed E-state index contributed by atoms with van der Waals surface area (Å²) in [6, 6.07) is 14.7. The standard InChI is InChI=1S/C18H17NO3/c1-18(2,3)14-6-4-12(5-7-14)17-11-13-10-15(19(20)21)8-9-16(13)22-17/h4-11H,1-3H3. The van der Waals surface area contributed by atoms with Gasteiger partial charge in [-0.25, -0.2) is 0 Å². The van der Waals surface area contributed by atoms with Gasteiger partial charge in [-0.2, -0.15) is 0 Å². The molecule has 112 valence electrons. The molecule has 0 unspecified atom stereocenters. The second-order valence-electron chi connectivity index (χ2n) is 6.42. The number of fused-ring (bicyclic) bond motifs is 1. The van der Waals surface area contributed by atoms with Crippen LogP contribution in [0.15, 0.2) is 52.9 Å². The summed E-state index contributed by atoms with van der Waals surface area (Å²) in [5.74, 6) is 0.718. The van der Waals surface area contributed by atoms with Crippen LogP contribution in [0.3, 0.4) is 0 Å². The molecule has 0 saturated heterocycles. The SMILES string of the molecule is CC(C)(C)c1ccc(-c2cc3cc([N+](=O)[O-])ccc3o2)cc1. The Kier molecular flexibility index (Phi) is 3.24. The van der Waals surface area contributed by atoms with Crippen molar-refractivity contribution in [2.75, 3.05) is 0 Å². The average molecular weight is 295 g/mol. The average Bonchev–Trinajstić information content (AvgIpc) is 2.89. The van der Waals surface area contributed by atoms with Crippen molar-refractivity contribution in [1.29, 1.82) is 0 Å². The van der Waals surface area contributed by atoms with Gasteiger partial charge in [-0.15, -0.1) is 0 Å². The molecule has 0 atom stereocenters.